The summed E-state index contributed by atoms with van der Waals surface area (Å²) in [5.74, 6) is 0.157. The minimum atomic E-state index is 0.109. The summed E-state index contributed by atoms with van der Waals surface area (Å²) in [4.78, 5) is 14.6. The zero-order valence-electron chi connectivity index (χ0n) is 13.8. The summed E-state index contributed by atoms with van der Waals surface area (Å²) in [6.07, 6.45) is 4.54. The maximum atomic E-state index is 12.3. The summed E-state index contributed by atoms with van der Waals surface area (Å²) in [5, 5.41) is 6.54. The number of nitrogens with zero attached hydrogens (tertiary/aromatic N) is 1. The SMILES string of the molecule is COCC1(CNC(=O)CN2C(C)CCC2C)CCNCC1. The van der Waals surface area contributed by atoms with Crippen molar-refractivity contribution in [1.82, 2.24) is 15.5 Å². The van der Waals surface area contributed by atoms with Gasteiger partial charge in [0, 0.05) is 31.2 Å². The third-order valence-corrected chi connectivity index (χ3v) is 5.24. The number of ether oxygens (including phenoxy) is 1. The van der Waals surface area contributed by atoms with Gasteiger partial charge in [0.25, 0.3) is 0 Å². The quantitative estimate of drug-likeness (QED) is 0.768. The lowest BCUT2D eigenvalue weighted by atomic mass is 9.79. The van der Waals surface area contributed by atoms with E-state index in [0.717, 1.165) is 39.1 Å². The second kappa shape index (κ2) is 7.56. The molecular weight excluding hydrogens is 266 g/mol. The number of carbonyl (C=O) groups is 1. The monoisotopic (exact) mass is 297 g/mol. The highest BCUT2D eigenvalue weighted by Crippen LogP contribution is 2.28. The van der Waals surface area contributed by atoms with Crippen molar-refractivity contribution in [2.75, 3.05) is 39.9 Å². The predicted molar refractivity (Wildman–Crippen MR) is 84.3 cm³/mol. The number of likely N-dealkylation sites (tertiary alicyclic amines) is 1. The molecule has 0 spiro atoms. The van der Waals surface area contributed by atoms with Crippen LogP contribution in [0, 0.1) is 5.41 Å². The molecule has 0 radical (unpaired) electrons. The maximum absolute atomic E-state index is 12.3. The second-order valence-electron chi connectivity index (χ2n) is 6.91. The molecule has 2 aliphatic heterocycles. The van der Waals surface area contributed by atoms with Gasteiger partial charge in [0.2, 0.25) is 5.91 Å². The van der Waals surface area contributed by atoms with Crippen molar-refractivity contribution in [3.05, 3.63) is 0 Å². The van der Waals surface area contributed by atoms with E-state index in [1.807, 2.05) is 0 Å². The van der Waals surface area contributed by atoms with Gasteiger partial charge in [-0.3, -0.25) is 9.69 Å². The minimum absolute atomic E-state index is 0.109. The minimum Gasteiger partial charge on any atom is -0.384 e. The molecule has 5 heteroatoms. The molecule has 0 aliphatic carbocycles. The average molecular weight is 297 g/mol. The Bertz CT molecular complexity index is 327. The highest BCUT2D eigenvalue weighted by atomic mass is 16.5. The smallest absolute Gasteiger partial charge is 0.234 e. The molecule has 2 N–H and O–H groups in total. The summed E-state index contributed by atoms with van der Waals surface area (Å²) < 4.78 is 5.40. The maximum Gasteiger partial charge on any atom is 0.234 e. The van der Waals surface area contributed by atoms with Crippen LogP contribution in [0.2, 0.25) is 0 Å². The standard InChI is InChI=1S/C16H31N3O2/c1-13-4-5-14(2)19(13)10-15(20)18-11-16(12-21-3)6-8-17-9-7-16/h13-14,17H,4-12H2,1-3H3,(H,18,20). The molecule has 2 heterocycles. The van der Waals surface area contributed by atoms with Gasteiger partial charge >= 0.3 is 0 Å². The van der Waals surface area contributed by atoms with E-state index in [2.05, 4.69) is 29.4 Å². The van der Waals surface area contributed by atoms with E-state index < -0.39 is 0 Å². The molecule has 0 saturated carbocycles. The van der Waals surface area contributed by atoms with Crippen LogP contribution in [-0.2, 0) is 9.53 Å². The number of piperidine rings is 1. The Balaban J connectivity index is 1.81. The van der Waals surface area contributed by atoms with Gasteiger partial charge in [0.05, 0.1) is 13.2 Å². The van der Waals surface area contributed by atoms with E-state index in [9.17, 15) is 4.79 Å². The molecule has 2 saturated heterocycles. The van der Waals surface area contributed by atoms with Crippen LogP contribution in [-0.4, -0.2) is 62.8 Å². The summed E-state index contributed by atoms with van der Waals surface area (Å²) in [6.45, 7) is 8.46. The van der Waals surface area contributed by atoms with E-state index in [1.54, 1.807) is 7.11 Å². The number of nitrogens with one attached hydrogen (secondary N) is 2. The van der Waals surface area contributed by atoms with Crippen LogP contribution in [0.5, 0.6) is 0 Å². The molecule has 5 nitrogen and oxygen atoms in total. The van der Waals surface area contributed by atoms with E-state index in [4.69, 9.17) is 4.74 Å². The number of hydrogen-bond acceptors (Lipinski definition) is 4. The molecule has 2 atom stereocenters. The highest BCUT2D eigenvalue weighted by molar-refractivity contribution is 5.78. The number of rotatable bonds is 6. The van der Waals surface area contributed by atoms with Crippen LogP contribution in [0.3, 0.4) is 0 Å². The van der Waals surface area contributed by atoms with Crippen LogP contribution in [0.15, 0.2) is 0 Å². The van der Waals surface area contributed by atoms with Crippen LogP contribution in [0.1, 0.15) is 39.5 Å². The Kier molecular flexibility index (Phi) is 6.02. The molecule has 2 rings (SSSR count). The van der Waals surface area contributed by atoms with Crippen molar-refractivity contribution in [3.8, 4) is 0 Å². The zero-order chi connectivity index (χ0) is 15.3. The van der Waals surface area contributed by atoms with E-state index in [0.29, 0.717) is 18.6 Å². The van der Waals surface area contributed by atoms with Crippen LogP contribution < -0.4 is 10.6 Å². The van der Waals surface area contributed by atoms with Gasteiger partial charge in [-0.25, -0.2) is 0 Å². The molecule has 122 valence electrons. The average Bonchev–Trinajstić information content (AvgIpc) is 2.78. The second-order valence-corrected chi connectivity index (χ2v) is 6.91. The third kappa shape index (κ3) is 4.41. The third-order valence-electron chi connectivity index (χ3n) is 5.24. The molecule has 0 aromatic heterocycles. The Morgan fingerprint density at radius 1 is 1.29 bits per heavy atom. The lowest BCUT2D eigenvalue weighted by Crippen LogP contribution is -2.49. The van der Waals surface area contributed by atoms with E-state index in [1.165, 1.54) is 12.8 Å². The van der Waals surface area contributed by atoms with E-state index in [-0.39, 0.29) is 11.3 Å². The summed E-state index contributed by atoms with van der Waals surface area (Å²) >= 11 is 0. The largest absolute Gasteiger partial charge is 0.384 e. The fourth-order valence-electron chi connectivity index (χ4n) is 3.70. The Morgan fingerprint density at radius 3 is 2.48 bits per heavy atom. The molecule has 0 aromatic carbocycles. The first-order valence-corrected chi connectivity index (χ1v) is 8.28. The first-order chi connectivity index (χ1) is 10.1. The van der Waals surface area contributed by atoms with Crippen LogP contribution in [0.25, 0.3) is 0 Å². The topological polar surface area (TPSA) is 53.6 Å². The molecule has 2 aliphatic rings. The van der Waals surface area contributed by atoms with Crippen molar-refractivity contribution in [2.24, 2.45) is 5.41 Å². The molecule has 2 unspecified atom stereocenters. The van der Waals surface area contributed by atoms with Crippen LogP contribution in [0.4, 0.5) is 0 Å². The van der Waals surface area contributed by atoms with Gasteiger partial charge in [-0.15, -0.1) is 0 Å². The predicted octanol–water partition coefficient (Wildman–Crippen LogP) is 0.992. The van der Waals surface area contributed by atoms with Gasteiger partial charge in [0.15, 0.2) is 0 Å². The van der Waals surface area contributed by atoms with Gasteiger partial charge in [0.1, 0.15) is 0 Å². The molecule has 21 heavy (non-hydrogen) atoms. The summed E-state index contributed by atoms with van der Waals surface area (Å²) in [6, 6.07) is 1.05. The molecule has 1 amide bonds. The number of methoxy groups -OCH3 is 1. The van der Waals surface area contributed by atoms with Crippen LogP contribution >= 0.6 is 0 Å². The number of carbonyl (C=O) groups excluding carboxylic acids is 1. The van der Waals surface area contributed by atoms with Crippen molar-refractivity contribution >= 4 is 5.91 Å². The van der Waals surface area contributed by atoms with Gasteiger partial charge in [-0.1, -0.05) is 0 Å². The van der Waals surface area contributed by atoms with Gasteiger partial charge in [-0.2, -0.15) is 0 Å². The lowest BCUT2D eigenvalue weighted by molar-refractivity contribution is -0.123. The summed E-state index contributed by atoms with van der Waals surface area (Å²) in [5.41, 5.74) is 0.109. The fraction of sp³-hybridized carbons (Fsp3) is 0.938. The Hall–Kier alpha value is -0.650. The summed E-state index contributed by atoms with van der Waals surface area (Å²) in [7, 11) is 1.75. The zero-order valence-corrected chi connectivity index (χ0v) is 13.8. The Labute approximate surface area is 128 Å². The first kappa shape index (κ1) is 16.7. The van der Waals surface area contributed by atoms with E-state index >= 15 is 0 Å². The molecule has 0 bridgehead atoms. The lowest BCUT2D eigenvalue weighted by Gasteiger charge is -2.37. The van der Waals surface area contributed by atoms with Crippen molar-refractivity contribution in [3.63, 3.8) is 0 Å². The number of hydrogen-bond donors (Lipinski definition) is 2. The molecular formula is C16H31N3O2. The fourth-order valence-corrected chi connectivity index (χ4v) is 3.70. The van der Waals surface area contributed by atoms with Crippen molar-refractivity contribution < 1.29 is 9.53 Å². The van der Waals surface area contributed by atoms with Gasteiger partial charge < -0.3 is 15.4 Å². The molecule has 2 fully saturated rings. The first-order valence-electron chi connectivity index (χ1n) is 8.28. The Morgan fingerprint density at radius 2 is 1.90 bits per heavy atom. The normalized spacial score (nSPS) is 29.5. The molecule has 0 aromatic rings. The van der Waals surface area contributed by atoms with Gasteiger partial charge in [-0.05, 0) is 52.6 Å². The number of amides is 1. The van der Waals surface area contributed by atoms with Crippen molar-refractivity contribution in [2.45, 2.75) is 51.6 Å². The van der Waals surface area contributed by atoms with Crippen molar-refractivity contribution in [1.29, 1.82) is 0 Å². The highest BCUT2D eigenvalue weighted by Gasteiger charge is 2.33.